The van der Waals surface area contributed by atoms with Gasteiger partial charge >= 0.3 is 0 Å². The molecule has 0 spiro atoms. The van der Waals surface area contributed by atoms with Gasteiger partial charge in [0.25, 0.3) is 5.91 Å². The van der Waals surface area contributed by atoms with Crippen LogP contribution in [0.25, 0.3) is 0 Å². The zero-order valence-electron chi connectivity index (χ0n) is 13.2. The molecule has 124 valence electrons. The Morgan fingerprint density at radius 1 is 1.38 bits per heavy atom. The number of nitrogens with one attached hydrogen (secondary N) is 2. The zero-order valence-corrected chi connectivity index (χ0v) is 14.8. The molecule has 2 heterocycles. The van der Waals surface area contributed by atoms with Crippen molar-refractivity contribution in [3.8, 4) is 0 Å². The normalized spacial score (nSPS) is 17.7. The third-order valence-electron chi connectivity index (χ3n) is 3.91. The standard InChI is InChI=1S/C17H16FN3OS2/c1-10-14(16(22)19-12-6-3-5-11(18)9-12)15(13-7-4-8-24-13)20-17(23)21(10)2/h3-9,15H,1-2H3,(H,19,22)(H,20,23)/t15-/m0/s1. The van der Waals surface area contributed by atoms with Crippen LogP contribution in [0.1, 0.15) is 17.8 Å². The number of anilines is 1. The van der Waals surface area contributed by atoms with Crippen molar-refractivity contribution in [1.82, 2.24) is 10.2 Å². The highest BCUT2D eigenvalue weighted by molar-refractivity contribution is 7.80. The van der Waals surface area contributed by atoms with Crippen LogP contribution in [0.4, 0.5) is 10.1 Å². The Bertz CT molecular complexity index is 817. The van der Waals surface area contributed by atoms with Gasteiger partial charge in [-0.05, 0) is 48.8 Å². The summed E-state index contributed by atoms with van der Waals surface area (Å²) in [7, 11) is 1.81. The van der Waals surface area contributed by atoms with Crippen molar-refractivity contribution >= 4 is 40.3 Å². The van der Waals surface area contributed by atoms with Crippen molar-refractivity contribution in [3.63, 3.8) is 0 Å². The molecule has 2 aromatic rings. The van der Waals surface area contributed by atoms with E-state index in [0.29, 0.717) is 16.4 Å². The molecule has 1 amide bonds. The fraction of sp³-hybridized carbons (Fsp3) is 0.176. The van der Waals surface area contributed by atoms with Gasteiger partial charge in [0.1, 0.15) is 5.82 Å². The van der Waals surface area contributed by atoms with Gasteiger partial charge in [-0.2, -0.15) is 0 Å². The van der Waals surface area contributed by atoms with Crippen LogP contribution in [-0.2, 0) is 4.79 Å². The van der Waals surface area contributed by atoms with Crippen molar-refractivity contribution in [1.29, 1.82) is 0 Å². The molecule has 1 aliphatic rings. The molecule has 0 radical (unpaired) electrons. The highest BCUT2D eigenvalue weighted by atomic mass is 32.1. The molecule has 0 fully saturated rings. The van der Waals surface area contributed by atoms with Crippen LogP contribution in [0.5, 0.6) is 0 Å². The number of amides is 1. The number of rotatable bonds is 3. The maximum absolute atomic E-state index is 13.4. The lowest BCUT2D eigenvalue weighted by molar-refractivity contribution is -0.113. The first-order chi connectivity index (χ1) is 11.5. The van der Waals surface area contributed by atoms with Crippen LogP contribution in [0.15, 0.2) is 53.0 Å². The second-order valence-corrected chi connectivity index (χ2v) is 6.79. The highest BCUT2D eigenvalue weighted by Gasteiger charge is 2.33. The van der Waals surface area contributed by atoms with Crippen molar-refractivity contribution in [3.05, 3.63) is 63.7 Å². The van der Waals surface area contributed by atoms with Gasteiger partial charge in [-0.25, -0.2) is 4.39 Å². The number of hydrogen-bond acceptors (Lipinski definition) is 3. The van der Waals surface area contributed by atoms with Crippen molar-refractivity contribution in [2.75, 3.05) is 12.4 Å². The molecule has 24 heavy (non-hydrogen) atoms. The number of carbonyl (C=O) groups is 1. The second kappa shape index (κ2) is 6.70. The van der Waals surface area contributed by atoms with E-state index < -0.39 is 5.82 Å². The largest absolute Gasteiger partial charge is 0.350 e. The molecule has 1 aromatic heterocycles. The topological polar surface area (TPSA) is 44.4 Å². The Kier molecular flexibility index (Phi) is 4.64. The Hall–Kier alpha value is -2.25. The van der Waals surface area contributed by atoms with E-state index in [1.54, 1.807) is 28.4 Å². The minimum Gasteiger partial charge on any atom is -0.350 e. The molecular formula is C17H16FN3OS2. The van der Waals surface area contributed by atoms with E-state index in [9.17, 15) is 9.18 Å². The summed E-state index contributed by atoms with van der Waals surface area (Å²) in [5, 5.41) is 8.49. The van der Waals surface area contributed by atoms with E-state index in [1.807, 2.05) is 31.5 Å². The second-order valence-electron chi connectivity index (χ2n) is 5.42. The van der Waals surface area contributed by atoms with Gasteiger partial charge in [-0.1, -0.05) is 12.1 Å². The van der Waals surface area contributed by atoms with E-state index in [4.69, 9.17) is 12.2 Å². The van der Waals surface area contributed by atoms with Crippen LogP contribution in [0.3, 0.4) is 0 Å². The molecule has 0 saturated carbocycles. The molecular weight excluding hydrogens is 345 g/mol. The van der Waals surface area contributed by atoms with Gasteiger partial charge in [0, 0.05) is 23.3 Å². The van der Waals surface area contributed by atoms with Crippen molar-refractivity contribution in [2.45, 2.75) is 13.0 Å². The fourth-order valence-electron chi connectivity index (χ4n) is 2.56. The molecule has 0 bridgehead atoms. The smallest absolute Gasteiger partial charge is 0.255 e. The maximum Gasteiger partial charge on any atom is 0.255 e. The lowest BCUT2D eigenvalue weighted by Crippen LogP contribution is -2.46. The molecule has 0 aliphatic carbocycles. The minimum atomic E-state index is -0.395. The number of thiophene rings is 1. The summed E-state index contributed by atoms with van der Waals surface area (Å²) in [4.78, 5) is 15.6. The van der Waals surface area contributed by atoms with Gasteiger partial charge in [-0.15, -0.1) is 11.3 Å². The van der Waals surface area contributed by atoms with E-state index in [0.717, 1.165) is 10.6 Å². The Labute approximate surface area is 149 Å². The van der Waals surface area contributed by atoms with Crippen molar-refractivity contribution < 1.29 is 9.18 Å². The summed E-state index contributed by atoms with van der Waals surface area (Å²) in [6.45, 7) is 1.86. The number of carbonyl (C=O) groups excluding carboxylic acids is 1. The summed E-state index contributed by atoms with van der Waals surface area (Å²) in [6.07, 6.45) is 0. The van der Waals surface area contributed by atoms with Crippen LogP contribution in [0, 0.1) is 5.82 Å². The van der Waals surface area contributed by atoms with E-state index in [1.165, 1.54) is 12.1 Å². The lowest BCUT2D eigenvalue weighted by atomic mass is 10.00. The first-order valence-electron chi connectivity index (χ1n) is 7.32. The van der Waals surface area contributed by atoms with E-state index in [-0.39, 0.29) is 11.9 Å². The lowest BCUT2D eigenvalue weighted by Gasteiger charge is -2.35. The summed E-state index contributed by atoms with van der Waals surface area (Å²) in [5.41, 5.74) is 1.75. The van der Waals surface area contributed by atoms with Gasteiger partial charge in [-0.3, -0.25) is 4.79 Å². The number of nitrogens with zero attached hydrogens (tertiary/aromatic N) is 1. The van der Waals surface area contributed by atoms with Crippen LogP contribution < -0.4 is 10.6 Å². The summed E-state index contributed by atoms with van der Waals surface area (Å²) >= 11 is 6.90. The Balaban J connectivity index is 1.97. The minimum absolute atomic E-state index is 0.279. The number of allylic oxidation sites excluding steroid dienone is 1. The maximum atomic E-state index is 13.4. The fourth-order valence-corrected chi connectivity index (χ4v) is 3.60. The van der Waals surface area contributed by atoms with Gasteiger partial charge in [0.05, 0.1) is 11.6 Å². The monoisotopic (exact) mass is 361 g/mol. The Morgan fingerprint density at radius 3 is 2.83 bits per heavy atom. The number of thiocarbonyl (C=S) groups is 1. The average Bonchev–Trinajstić information content (AvgIpc) is 3.06. The van der Waals surface area contributed by atoms with Crippen LogP contribution >= 0.6 is 23.6 Å². The molecule has 4 nitrogen and oxygen atoms in total. The van der Waals surface area contributed by atoms with Crippen LogP contribution in [0.2, 0.25) is 0 Å². The quantitative estimate of drug-likeness (QED) is 0.819. The summed E-state index contributed by atoms with van der Waals surface area (Å²) < 4.78 is 13.4. The molecule has 0 unspecified atom stereocenters. The Morgan fingerprint density at radius 2 is 2.17 bits per heavy atom. The molecule has 3 rings (SSSR count). The molecule has 2 N–H and O–H groups in total. The van der Waals surface area contributed by atoms with Gasteiger partial charge < -0.3 is 15.5 Å². The number of halogens is 1. The molecule has 0 saturated heterocycles. The first-order valence-corrected chi connectivity index (χ1v) is 8.61. The first kappa shape index (κ1) is 16.6. The predicted molar refractivity (Wildman–Crippen MR) is 98.3 cm³/mol. The molecule has 7 heteroatoms. The third-order valence-corrected chi connectivity index (χ3v) is 5.24. The van der Waals surface area contributed by atoms with Crippen LogP contribution in [-0.4, -0.2) is 23.0 Å². The highest BCUT2D eigenvalue weighted by Crippen LogP contribution is 2.33. The number of benzene rings is 1. The van der Waals surface area contributed by atoms with Gasteiger partial charge in [0.15, 0.2) is 5.11 Å². The zero-order chi connectivity index (χ0) is 17.3. The van der Waals surface area contributed by atoms with Crippen molar-refractivity contribution in [2.24, 2.45) is 0 Å². The average molecular weight is 361 g/mol. The third kappa shape index (κ3) is 3.18. The molecule has 1 aliphatic heterocycles. The number of hydrogen-bond donors (Lipinski definition) is 2. The summed E-state index contributed by atoms with van der Waals surface area (Å²) in [5.74, 6) is -0.674. The predicted octanol–water partition coefficient (Wildman–Crippen LogP) is 3.66. The van der Waals surface area contributed by atoms with E-state index >= 15 is 0 Å². The van der Waals surface area contributed by atoms with E-state index in [2.05, 4.69) is 10.6 Å². The SMILES string of the molecule is CC1=C(C(=O)Nc2cccc(F)c2)[C@H](c2cccs2)NC(=S)N1C. The molecule has 1 aromatic carbocycles. The van der Waals surface area contributed by atoms with Gasteiger partial charge in [0.2, 0.25) is 0 Å². The molecule has 1 atom stereocenters. The summed E-state index contributed by atoms with van der Waals surface area (Å²) in [6, 6.07) is 9.41.